The SMILES string of the molecule is COc1ccc(C(c2ccc(Cl)c(Cl)c2)N2CCCNCC2)c(OC)c1. The van der Waals surface area contributed by atoms with Crippen molar-refractivity contribution in [3.63, 3.8) is 0 Å². The van der Waals surface area contributed by atoms with Gasteiger partial charge in [-0.3, -0.25) is 4.90 Å². The molecule has 1 fully saturated rings. The summed E-state index contributed by atoms with van der Waals surface area (Å²) in [5.74, 6) is 1.58. The molecule has 0 bridgehead atoms. The van der Waals surface area contributed by atoms with Crippen LogP contribution in [0.3, 0.4) is 0 Å². The Morgan fingerprint density at radius 1 is 0.962 bits per heavy atom. The summed E-state index contributed by atoms with van der Waals surface area (Å²) in [4.78, 5) is 2.46. The van der Waals surface area contributed by atoms with Crippen LogP contribution in [0.4, 0.5) is 0 Å². The molecule has 0 spiro atoms. The highest BCUT2D eigenvalue weighted by atomic mass is 35.5. The molecule has 0 aromatic heterocycles. The fourth-order valence-corrected chi connectivity index (χ4v) is 3.75. The van der Waals surface area contributed by atoms with E-state index in [9.17, 15) is 0 Å². The molecule has 140 valence electrons. The van der Waals surface area contributed by atoms with Crippen LogP contribution < -0.4 is 14.8 Å². The standard InChI is InChI=1S/C20H24Cl2N2O2/c1-25-15-5-6-16(19(13-15)26-2)20(24-10-3-8-23-9-11-24)14-4-7-17(21)18(22)12-14/h4-7,12-13,20,23H,3,8-11H2,1-2H3. The maximum Gasteiger partial charge on any atom is 0.127 e. The highest BCUT2D eigenvalue weighted by Gasteiger charge is 2.26. The lowest BCUT2D eigenvalue weighted by atomic mass is 9.95. The Morgan fingerprint density at radius 2 is 1.81 bits per heavy atom. The second-order valence-corrected chi connectivity index (χ2v) is 7.14. The molecule has 26 heavy (non-hydrogen) atoms. The van der Waals surface area contributed by atoms with Crippen molar-refractivity contribution in [2.24, 2.45) is 0 Å². The lowest BCUT2D eigenvalue weighted by Gasteiger charge is -2.32. The van der Waals surface area contributed by atoms with Crippen LogP contribution in [0.15, 0.2) is 36.4 Å². The molecule has 1 aliphatic heterocycles. The van der Waals surface area contributed by atoms with Crippen LogP contribution in [0.5, 0.6) is 11.5 Å². The van der Waals surface area contributed by atoms with E-state index in [2.05, 4.69) is 16.3 Å². The molecule has 4 nitrogen and oxygen atoms in total. The van der Waals surface area contributed by atoms with E-state index >= 15 is 0 Å². The van der Waals surface area contributed by atoms with Crippen LogP contribution in [0.1, 0.15) is 23.6 Å². The first-order valence-corrected chi connectivity index (χ1v) is 9.51. The minimum atomic E-state index is 0.0329. The summed E-state index contributed by atoms with van der Waals surface area (Å²) >= 11 is 12.5. The summed E-state index contributed by atoms with van der Waals surface area (Å²) in [6, 6.07) is 11.9. The zero-order chi connectivity index (χ0) is 18.5. The molecule has 3 rings (SSSR count). The number of benzene rings is 2. The zero-order valence-electron chi connectivity index (χ0n) is 15.1. The quantitative estimate of drug-likeness (QED) is 0.814. The van der Waals surface area contributed by atoms with E-state index in [-0.39, 0.29) is 6.04 Å². The van der Waals surface area contributed by atoms with Gasteiger partial charge in [0.1, 0.15) is 11.5 Å². The summed E-state index contributed by atoms with van der Waals surface area (Å²) in [5, 5.41) is 4.59. The Morgan fingerprint density at radius 3 is 2.54 bits per heavy atom. The number of rotatable bonds is 5. The van der Waals surface area contributed by atoms with Crippen LogP contribution in [-0.2, 0) is 0 Å². The van der Waals surface area contributed by atoms with Gasteiger partial charge in [-0.25, -0.2) is 0 Å². The van der Waals surface area contributed by atoms with E-state index in [4.69, 9.17) is 32.7 Å². The molecular formula is C20H24Cl2N2O2. The highest BCUT2D eigenvalue weighted by molar-refractivity contribution is 6.42. The molecule has 1 aliphatic rings. The fraction of sp³-hybridized carbons (Fsp3) is 0.400. The Kier molecular flexibility index (Phi) is 6.65. The van der Waals surface area contributed by atoms with Gasteiger partial charge >= 0.3 is 0 Å². The first-order valence-electron chi connectivity index (χ1n) is 8.75. The largest absolute Gasteiger partial charge is 0.497 e. The molecule has 1 N–H and O–H groups in total. The van der Waals surface area contributed by atoms with E-state index in [0.29, 0.717) is 10.0 Å². The maximum atomic E-state index is 6.32. The third-order valence-corrected chi connectivity index (χ3v) is 5.47. The van der Waals surface area contributed by atoms with Gasteiger partial charge in [0.05, 0.1) is 30.3 Å². The van der Waals surface area contributed by atoms with Crippen LogP contribution in [0.25, 0.3) is 0 Å². The van der Waals surface area contributed by atoms with Crippen LogP contribution in [0, 0.1) is 0 Å². The van der Waals surface area contributed by atoms with Gasteiger partial charge in [0.2, 0.25) is 0 Å². The van der Waals surface area contributed by atoms with Crippen molar-refractivity contribution in [1.82, 2.24) is 10.2 Å². The Balaban J connectivity index is 2.09. The predicted molar refractivity (Wildman–Crippen MR) is 107 cm³/mol. The smallest absolute Gasteiger partial charge is 0.127 e. The third-order valence-electron chi connectivity index (χ3n) is 4.73. The van der Waals surface area contributed by atoms with E-state index in [1.807, 2.05) is 30.3 Å². The van der Waals surface area contributed by atoms with Gasteiger partial charge in [-0.15, -0.1) is 0 Å². The van der Waals surface area contributed by atoms with E-state index < -0.39 is 0 Å². The van der Waals surface area contributed by atoms with Crippen molar-refractivity contribution in [3.05, 3.63) is 57.6 Å². The van der Waals surface area contributed by atoms with Crippen molar-refractivity contribution in [3.8, 4) is 11.5 Å². The lowest BCUT2D eigenvalue weighted by Crippen LogP contribution is -2.33. The van der Waals surface area contributed by atoms with Crippen LogP contribution in [-0.4, -0.2) is 45.3 Å². The maximum absolute atomic E-state index is 6.32. The summed E-state index contributed by atoms with van der Waals surface area (Å²) in [5.41, 5.74) is 2.19. The Hall–Kier alpha value is -1.46. The highest BCUT2D eigenvalue weighted by Crippen LogP contribution is 2.38. The number of halogens is 2. The molecule has 0 saturated carbocycles. The van der Waals surface area contributed by atoms with E-state index in [1.165, 1.54) is 0 Å². The molecule has 0 amide bonds. The average Bonchev–Trinajstić information content (AvgIpc) is 2.94. The minimum absolute atomic E-state index is 0.0329. The Bertz CT molecular complexity index is 747. The van der Waals surface area contributed by atoms with E-state index in [0.717, 1.165) is 55.2 Å². The molecule has 1 heterocycles. The molecule has 1 atom stereocenters. The van der Waals surface area contributed by atoms with Gasteiger partial charge in [0, 0.05) is 31.3 Å². The number of nitrogens with zero attached hydrogens (tertiary/aromatic N) is 1. The molecular weight excluding hydrogens is 371 g/mol. The second-order valence-electron chi connectivity index (χ2n) is 6.32. The van der Waals surface area contributed by atoms with Crippen molar-refractivity contribution in [2.45, 2.75) is 12.5 Å². The van der Waals surface area contributed by atoms with Crippen LogP contribution >= 0.6 is 23.2 Å². The van der Waals surface area contributed by atoms with Gasteiger partial charge < -0.3 is 14.8 Å². The number of ether oxygens (including phenoxy) is 2. The Labute approximate surface area is 165 Å². The van der Waals surface area contributed by atoms with Crippen molar-refractivity contribution >= 4 is 23.2 Å². The number of nitrogens with one attached hydrogen (secondary N) is 1. The van der Waals surface area contributed by atoms with Gasteiger partial charge in [-0.05, 0) is 42.8 Å². The lowest BCUT2D eigenvalue weighted by molar-refractivity contribution is 0.236. The fourth-order valence-electron chi connectivity index (χ4n) is 3.44. The normalized spacial score (nSPS) is 16.8. The summed E-state index contributed by atoms with van der Waals surface area (Å²) in [6.07, 6.45) is 1.09. The van der Waals surface area contributed by atoms with Gasteiger partial charge in [0.15, 0.2) is 0 Å². The second kappa shape index (κ2) is 8.96. The van der Waals surface area contributed by atoms with Crippen molar-refractivity contribution in [1.29, 1.82) is 0 Å². The van der Waals surface area contributed by atoms with Gasteiger partial charge in [0.25, 0.3) is 0 Å². The predicted octanol–water partition coefficient (Wildman–Crippen LogP) is 4.40. The molecule has 0 aliphatic carbocycles. The number of methoxy groups -OCH3 is 2. The van der Waals surface area contributed by atoms with Crippen molar-refractivity contribution in [2.75, 3.05) is 40.4 Å². The van der Waals surface area contributed by atoms with Crippen LogP contribution in [0.2, 0.25) is 10.0 Å². The van der Waals surface area contributed by atoms with Gasteiger partial charge in [-0.1, -0.05) is 29.3 Å². The molecule has 2 aromatic rings. The van der Waals surface area contributed by atoms with Gasteiger partial charge in [-0.2, -0.15) is 0 Å². The van der Waals surface area contributed by atoms with E-state index in [1.54, 1.807) is 14.2 Å². The monoisotopic (exact) mass is 394 g/mol. The zero-order valence-corrected chi connectivity index (χ0v) is 16.6. The third kappa shape index (κ3) is 4.26. The summed E-state index contributed by atoms with van der Waals surface area (Å²) in [6.45, 7) is 3.92. The minimum Gasteiger partial charge on any atom is -0.497 e. The first kappa shape index (κ1) is 19.3. The number of hydrogen-bond donors (Lipinski definition) is 1. The molecule has 6 heteroatoms. The molecule has 0 radical (unpaired) electrons. The summed E-state index contributed by atoms with van der Waals surface area (Å²) in [7, 11) is 3.35. The molecule has 2 aromatic carbocycles. The average molecular weight is 395 g/mol. The molecule has 1 unspecified atom stereocenters. The number of hydrogen-bond acceptors (Lipinski definition) is 4. The molecule has 1 saturated heterocycles. The summed E-state index contributed by atoms with van der Waals surface area (Å²) < 4.78 is 11.0. The first-order chi connectivity index (χ1) is 12.6. The topological polar surface area (TPSA) is 33.7 Å². The van der Waals surface area contributed by atoms with Crippen molar-refractivity contribution < 1.29 is 9.47 Å².